The van der Waals surface area contributed by atoms with Gasteiger partial charge in [0.25, 0.3) is 0 Å². The maximum atomic E-state index is 12.9. The standard InChI is InChI=1S/C8H6F3NO2/c9-5-1-2-6(10)7(11)4(5)3-12-8(13)14/h1-2,12H,3H2,(H,13,14). The SMILES string of the molecule is O=C(O)NCc1c(F)ccc(F)c1F. The second kappa shape index (κ2) is 3.99. The van der Waals surface area contributed by atoms with Crippen LogP contribution in [0.15, 0.2) is 12.1 Å². The summed E-state index contributed by atoms with van der Waals surface area (Å²) < 4.78 is 38.3. The van der Waals surface area contributed by atoms with E-state index in [-0.39, 0.29) is 0 Å². The molecular weight excluding hydrogens is 199 g/mol. The summed E-state index contributed by atoms with van der Waals surface area (Å²) >= 11 is 0. The molecule has 0 fully saturated rings. The van der Waals surface area contributed by atoms with Gasteiger partial charge in [-0.1, -0.05) is 0 Å². The average molecular weight is 205 g/mol. The van der Waals surface area contributed by atoms with Gasteiger partial charge in [0.2, 0.25) is 0 Å². The molecule has 0 bridgehead atoms. The van der Waals surface area contributed by atoms with E-state index >= 15 is 0 Å². The summed E-state index contributed by atoms with van der Waals surface area (Å²) in [6.07, 6.45) is -1.44. The van der Waals surface area contributed by atoms with Crippen molar-refractivity contribution in [2.24, 2.45) is 0 Å². The molecule has 0 radical (unpaired) electrons. The van der Waals surface area contributed by atoms with Crippen molar-refractivity contribution in [3.8, 4) is 0 Å². The van der Waals surface area contributed by atoms with Crippen LogP contribution in [0.25, 0.3) is 0 Å². The zero-order chi connectivity index (χ0) is 10.7. The molecular formula is C8H6F3NO2. The highest BCUT2D eigenvalue weighted by Crippen LogP contribution is 2.15. The summed E-state index contributed by atoms with van der Waals surface area (Å²) in [5, 5.41) is 9.92. The molecule has 76 valence electrons. The Bertz CT molecular complexity index is 368. The van der Waals surface area contributed by atoms with Crippen molar-refractivity contribution < 1.29 is 23.1 Å². The zero-order valence-corrected chi connectivity index (χ0v) is 6.85. The van der Waals surface area contributed by atoms with Gasteiger partial charge in [-0.05, 0) is 12.1 Å². The van der Waals surface area contributed by atoms with Crippen molar-refractivity contribution in [1.29, 1.82) is 0 Å². The van der Waals surface area contributed by atoms with Crippen LogP contribution in [0.1, 0.15) is 5.56 Å². The minimum absolute atomic E-state index is 0.606. The molecule has 0 unspecified atom stereocenters. The largest absolute Gasteiger partial charge is 0.465 e. The monoisotopic (exact) mass is 205 g/mol. The topological polar surface area (TPSA) is 49.3 Å². The van der Waals surface area contributed by atoms with Crippen molar-refractivity contribution in [2.45, 2.75) is 6.54 Å². The van der Waals surface area contributed by atoms with E-state index in [2.05, 4.69) is 0 Å². The van der Waals surface area contributed by atoms with Gasteiger partial charge in [-0.25, -0.2) is 18.0 Å². The van der Waals surface area contributed by atoms with Crippen LogP contribution in [-0.4, -0.2) is 11.2 Å². The number of amides is 1. The molecule has 0 heterocycles. The number of nitrogens with one attached hydrogen (secondary N) is 1. The van der Waals surface area contributed by atoms with Crippen LogP contribution in [0.5, 0.6) is 0 Å². The van der Waals surface area contributed by atoms with Crippen molar-refractivity contribution in [1.82, 2.24) is 5.32 Å². The van der Waals surface area contributed by atoms with Crippen LogP contribution in [0, 0.1) is 17.5 Å². The molecule has 3 nitrogen and oxygen atoms in total. The fraction of sp³-hybridized carbons (Fsp3) is 0.125. The molecule has 0 aliphatic rings. The summed E-state index contributed by atoms with van der Waals surface area (Å²) in [6, 6.07) is 1.37. The Morgan fingerprint density at radius 1 is 1.29 bits per heavy atom. The maximum absolute atomic E-state index is 12.9. The van der Waals surface area contributed by atoms with E-state index in [1.807, 2.05) is 0 Å². The summed E-state index contributed by atoms with van der Waals surface area (Å²) in [7, 11) is 0. The summed E-state index contributed by atoms with van der Waals surface area (Å²) in [6.45, 7) is -0.606. The lowest BCUT2D eigenvalue weighted by Crippen LogP contribution is -2.21. The van der Waals surface area contributed by atoms with Crippen molar-refractivity contribution in [3.05, 3.63) is 35.1 Å². The average Bonchev–Trinajstić information content (AvgIpc) is 2.11. The van der Waals surface area contributed by atoms with Gasteiger partial charge in [-0.2, -0.15) is 0 Å². The molecule has 0 aliphatic heterocycles. The van der Waals surface area contributed by atoms with E-state index in [0.717, 1.165) is 6.07 Å². The predicted octanol–water partition coefficient (Wildman–Crippen LogP) is 1.87. The van der Waals surface area contributed by atoms with Gasteiger partial charge >= 0.3 is 6.09 Å². The van der Waals surface area contributed by atoms with E-state index in [4.69, 9.17) is 5.11 Å². The van der Waals surface area contributed by atoms with E-state index < -0.39 is 35.7 Å². The van der Waals surface area contributed by atoms with Crippen LogP contribution in [0.3, 0.4) is 0 Å². The van der Waals surface area contributed by atoms with Crippen LogP contribution < -0.4 is 5.32 Å². The third kappa shape index (κ3) is 2.15. The molecule has 0 saturated heterocycles. The zero-order valence-electron chi connectivity index (χ0n) is 6.85. The molecule has 6 heteroatoms. The Balaban J connectivity index is 2.95. The minimum atomic E-state index is -1.44. The molecule has 0 atom stereocenters. The Labute approximate surface area is 77.2 Å². The summed E-state index contributed by atoms with van der Waals surface area (Å²) in [5.74, 6) is -3.58. The molecule has 14 heavy (non-hydrogen) atoms. The van der Waals surface area contributed by atoms with Crippen molar-refractivity contribution >= 4 is 6.09 Å². The third-order valence-corrected chi connectivity index (χ3v) is 1.56. The van der Waals surface area contributed by atoms with Gasteiger partial charge in [0.05, 0.1) is 6.54 Å². The van der Waals surface area contributed by atoms with E-state index in [1.165, 1.54) is 0 Å². The highest BCUT2D eigenvalue weighted by atomic mass is 19.2. The predicted molar refractivity (Wildman–Crippen MR) is 41.2 cm³/mol. The third-order valence-electron chi connectivity index (χ3n) is 1.56. The maximum Gasteiger partial charge on any atom is 0.404 e. The number of hydrogen-bond donors (Lipinski definition) is 2. The lowest BCUT2D eigenvalue weighted by Gasteiger charge is -2.04. The lowest BCUT2D eigenvalue weighted by molar-refractivity contribution is 0.193. The molecule has 2 N–H and O–H groups in total. The van der Waals surface area contributed by atoms with Gasteiger partial charge in [-0.3, -0.25) is 0 Å². The Hall–Kier alpha value is -1.72. The Morgan fingerprint density at radius 3 is 2.43 bits per heavy atom. The lowest BCUT2D eigenvalue weighted by atomic mass is 10.2. The van der Waals surface area contributed by atoms with Crippen molar-refractivity contribution in [3.63, 3.8) is 0 Å². The van der Waals surface area contributed by atoms with E-state index in [1.54, 1.807) is 5.32 Å². The molecule has 0 aromatic heterocycles. The van der Waals surface area contributed by atoms with Gasteiger partial charge in [0, 0.05) is 5.56 Å². The van der Waals surface area contributed by atoms with Crippen LogP contribution in [0.2, 0.25) is 0 Å². The first-order chi connectivity index (χ1) is 6.52. The normalized spacial score (nSPS) is 9.93. The van der Waals surface area contributed by atoms with Gasteiger partial charge in [0.15, 0.2) is 11.6 Å². The van der Waals surface area contributed by atoms with Gasteiger partial charge in [-0.15, -0.1) is 0 Å². The van der Waals surface area contributed by atoms with Crippen molar-refractivity contribution in [2.75, 3.05) is 0 Å². The summed E-state index contributed by atoms with van der Waals surface area (Å²) in [4.78, 5) is 10.0. The highest BCUT2D eigenvalue weighted by Gasteiger charge is 2.13. The van der Waals surface area contributed by atoms with Crippen LogP contribution in [-0.2, 0) is 6.54 Å². The number of halogens is 3. The fourth-order valence-electron chi connectivity index (χ4n) is 0.895. The smallest absolute Gasteiger partial charge is 0.404 e. The summed E-state index contributed by atoms with van der Waals surface area (Å²) in [5.41, 5.74) is -0.632. The molecule has 1 amide bonds. The number of carbonyl (C=O) groups is 1. The second-order valence-electron chi connectivity index (χ2n) is 2.48. The minimum Gasteiger partial charge on any atom is -0.465 e. The second-order valence-corrected chi connectivity index (χ2v) is 2.48. The Kier molecular flexibility index (Phi) is 2.95. The Morgan fingerprint density at radius 2 is 1.86 bits per heavy atom. The number of hydrogen-bond acceptors (Lipinski definition) is 1. The van der Waals surface area contributed by atoms with E-state index in [0.29, 0.717) is 6.07 Å². The molecule has 1 aromatic carbocycles. The molecule has 1 aromatic rings. The fourth-order valence-corrected chi connectivity index (χ4v) is 0.895. The quantitative estimate of drug-likeness (QED) is 0.724. The highest BCUT2D eigenvalue weighted by molar-refractivity contribution is 5.64. The first-order valence-electron chi connectivity index (χ1n) is 3.61. The van der Waals surface area contributed by atoms with Gasteiger partial charge < -0.3 is 10.4 Å². The molecule has 1 rings (SSSR count). The first kappa shape index (κ1) is 10.4. The van der Waals surface area contributed by atoms with Crippen LogP contribution in [0.4, 0.5) is 18.0 Å². The van der Waals surface area contributed by atoms with Crippen LogP contribution >= 0.6 is 0 Å². The molecule has 0 spiro atoms. The van der Waals surface area contributed by atoms with Gasteiger partial charge in [0.1, 0.15) is 5.82 Å². The number of carboxylic acid groups (broad SMARTS) is 1. The first-order valence-corrected chi connectivity index (χ1v) is 3.61. The van der Waals surface area contributed by atoms with E-state index in [9.17, 15) is 18.0 Å². The number of rotatable bonds is 2. The number of benzene rings is 1. The molecule has 0 aliphatic carbocycles. The molecule has 0 saturated carbocycles.